The van der Waals surface area contributed by atoms with Crippen molar-refractivity contribution in [3.8, 4) is 0 Å². The van der Waals surface area contributed by atoms with Crippen molar-refractivity contribution in [1.29, 1.82) is 0 Å². The van der Waals surface area contributed by atoms with Gasteiger partial charge in [0.25, 0.3) is 0 Å². The summed E-state index contributed by atoms with van der Waals surface area (Å²) in [6.45, 7) is 0. The van der Waals surface area contributed by atoms with Crippen LogP contribution in [0.15, 0.2) is 0 Å². The van der Waals surface area contributed by atoms with E-state index in [0.717, 1.165) is 0 Å². The molecule has 0 bridgehead atoms. The van der Waals surface area contributed by atoms with Crippen molar-refractivity contribution in [2.75, 3.05) is 0 Å². The van der Waals surface area contributed by atoms with Crippen LogP contribution >= 0.6 is 0 Å². The zero-order valence-corrected chi connectivity index (χ0v) is 13.1. The minimum absolute atomic E-state index is 0. The van der Waals surface area contributed by atoms with E-state index in [9.17, 15) is 0 Å². The normalized spacial score (nSPS) is 0. The van der Waals surface area contributed by atoms with E-state index >= 15 is 0 Å². The molecule has 7 heteroatoms. The van der Waals surface area contributed by atoms with Crippen molar-refractivity contribution >= 4 is 34.7 Å². The average Bonchev–Trinajstić information content (AvgIpc) is 0. The summed E-state index contributed by atoms with van der Waals surface area (Å²) in [7, 11) is 0. The van der Waals surface area contributed by atoms with Gasteiger partial charge in [-0.25, -0.2) is 0 Å². The number of hydrogen-bond acceptors (Lipinski definition) is 0. The van der Waals surface area contributed by atoms with Crippen LogP contribution in [0.4, 0.5) is 0 Å². The number of hydrogen-bond donors (Lipinski definition) is 0. The third-order valence-corrected chi connectivity index (χ3v) is 0. The third-order valence-electron chi connectivity index (χ3n) is 0. The predicted octanol–water partition coefficient (Wildman–Crippen LogP) is -1.12. The first-order chi connectivity index (χ1) is 0. The molecule has 0 aliphatic rings. The van der Waals surface area contributed by atoms with E-state index in [0.29, 0.717) is 0 Å². The zero-order chi connectivity index (χ0) is 0. The van der Waals surface area contributed by atoms with Crippen LogP contribution in [0.5, 0.6) is 0 Å². The average molecular weight is 380 g/mol. The van der Waals surface area contributed by atoms with Crippen LogP contribution in [0, 0.1) is 71.2 Å². The fraction of sp³-hybridized carbons (Fsp3) is 0. The van der Waals surface area contributed by atoms with Crippen molar-refractivity contribution in [2.24, 2.45) is 0 Å². The van der Waals surface area contributed by atoms with Crippen LogP contribution in [0.1, 0.15) is 0 Å². The Balaban J connectivity index is 0. The quantitative estimate of drug-likeness (QED) is 0.478. The molecule has 7 heavy (non-hydrogen) atoms. The molecular weight excluding hydrogens is 380 g/mol. The van der Waals surface area contributed by atoms with Gasteiger partial charge in [-0.1, -0.05) is 0 Å². The van der Waals surface area contributed by atoms with Crippen LogP contribution in [0.3, 0.4) is 0 Å². The molecule has 0 rings (SSSR count). The summed E-state index contributed by atoms with van der Waals surface area (Å²) in [6, 6.07) is 0. The van der Waals surface area contributed by atoms with Crippen molar-refractivity contribution in [3.05, 3.63) is 0 Å². The van der Waals surface area contributed by atoms with Crippen LogP contribution < -0.4 is 0 Å². The van der Waals surface area contributed by atoms with Gasteiger partial charge in [0.15, 0.2) is 0 Å². The summed E-state index contributed by atoms with van der Waals surface area (Å²) in [4.78, 5) is 0. The Hall–Kier alpha value is 3.33. The van der Waals surface area contributed by atoms with Crippen molar-refractivity contribution in [2.45, 2.75) is 0 Å². The molecule has 0 aliphatic carbocycles. The van der Waals surface area contributed by atoms with Gasteiger partial charge in [-0.15, -0.1) is 0 Å². The second-order valence-electron chi connectivity index (χ2n) is 0. The minimum atomic E-state index is 0. The van der Waals surface area contributed by atoms with Gasteiger partial charge in [-0.2, -0.15) is 0 Å². The van der Waals surface area contributed by atoms with E-state index in [-0.39, 0.29) is 122 Å². The zero-order valence-electron chi connectivity index (χ0n) is 3.53. The summed E-state index contributed by atoms with van der Waals surface area (Å²) in [6.07, 6.45) is 0. The Morgan fingerprint density at radius 3 is 0.429 bits per heavy atom. The molecule has 0 aromatic rings. The maximum atomic E-state index is 0. The Morgan fingerprint density at radius 1 is 0.429 bits per heavy atom. The second kappa shape index (κ2) is 58.3. The molecule has 0 aromatic heterocycles. The first-order valence-electron chi connectivity index (χ1n) is 0. The molecule has 0 heterocycles. The summed E-state index contributed by atoms with van der Waals surface area (Å²) < 4.78 is 0. The topological polar surface area (TPSA) is 85.5 Å². The molecule has 0 amide bonds. The predicted molar refractivity (Wildman–Crippen MR) is 13.6 cm³/mol. The molecule has 0 spiro atoms. The maximum absolute atomic E-state index is 0. The molecule has 0 unspecified atom stereocenters. The molecule has 0 N–H and O–H groups in total. The van der Waals surface area contributed by atoms with Crippen molar-refractivity contribution < 1.29 is 87.6 Å². The molecule has 0 aromatic carbocycles. The molecule has 2 radical (unpaired) electrons. The Bertz CT molecular complexity index is 10.9. The first kappa shape index (κ1) is 81.0. The Kier molecular flexibility index (Phi) is 675. The van der Waals surface area contributed by atoms with E-state index in [4.69, 9.17) is 0 Å². The van der Waals surface area contributed by atoms with Crippen molar-refractivity contribution in [1.82, 2.24) is 0 Å². The molecule has 0 saturated heterocycles. The number of rotatable bonds is 0. The van der Waals surface area contributed by atoms with E-state index in [1.165, 1.54) is 0 Å². The monoisotopic (exact) mass is 380 g/mol. The van der Waals surface area contributed by atoms with Gasteiger partial charge >= 0.3 is 34.7 Å². The minimum Gasteiger partial charge on any atom is -2.00 e. The SMILES string of the molecule is [Al+3].[Al+3].[La].[La].[O-2].[O-2].[O-2]. The molecular formula is Al2La2O3. The Labute approximate surface area is 120 Å². The second-order valence-corrected chi connectivity index (χ2v) is 0. The van der Waals surface area contributed by atoms with Crippen molar-refractivity contribution in [3.63, 3.8) is 0 Å². The van der Waals surface area contributed by atoms with Gasteiger partial charge < -0.3 is 16.4 Å². The fourth-order valence-electron chi connectivity index (χ4n) is 0. The molecule has 0 aliphatic heterocycles. The molecule has 3 nitrogen and oxygen atoms in total. The van der Waals surface area contributed by atoms with Crippen LogP contribution in [0.2, 0.25) is 0 Å². The van der Waals surface area contributed by atoms with Crippen LogP contribution in [0.25, 0.3) is 0 Å². The summed E-state index contributed by atoms with van der Waals surface area (Å²) in [5, 5.41) is 0. The molecule has 30 valence electrons. The summed E-state index contributed by atoms with van der Waals surface area (Å²) >= 11 is 0. The standard InChI is InChI=1S/2Al.2La.3O/q2*+3;;;3*-2. The molecule has 0 fully saturated rings. The summed E-state index contributed by atoms with van der Waals surface area (Å²) in [5.74, 6) is 0. The van der Waals surface area contributed by atoms with E-state index in [1.807, 2.05) is 0 Å². The van der Waals surface area contributed by atoms with Gasteiger partial charge in [0.2, 0.25) is 0 Å². The first-order valence-corrected chi connectivity index (χ1v) is 0. The fourth-order valence-corrected chi connectivity index (χ4v) is 0. The summed E-state index contributed by atoms with van der Waals surface area (Å²) in [5.41, 5.74) is 0. The van der Waals surface area contributed by atoms with Gasteiger partial charge in [-0.3, -0.25) is 0 Å². The van der Waals surface area contributed by atoms with E-state index < -0.39 is 0 Å². The maximum Gasteiger partial charge on any atom is 3.00 e. The Morgan fingerprint density at radius 2 is 0.429 bits per heavy atom. The van der Waals surface area contributed by atoms with Gasteiger partial charge in [-0.05, 0) is 0 Å². The van der Waals surface area contributed by atoms with Gasteiger partial charge in [0.1, 0.15) is 0 Å². The largest absolute Gasteiger partial charge is 3.00 e. The third kappa shape index (κ3) is 45.2. The molecule has 0 atom stereocenters. The van der Waals surface area contributed by atoms with Crippen LogP contribution in [-0.4, -0.2) is 34.7 Å². The molecule has 0 saturated carbocycles. The van der Waals surface area contributed by atoms with E-state index in [2.05, 4.69) is 0 Å². The van der Waals surface area contributed by atoms with Gasteiger partial charge in [0, 0.05) is 71.2 Å². The van der Waals surface area contributed by atoms with Crippen LogP contribution in [-0.2, 0) is 16.4 Å². The smallest absolute Gasteiger partial charge is 2.00 e. The van der Waals surface area contributed by atoms with Gasteiger partial charge in [0.05, 0.1) is 0 Å². The van der Waals surface area contributed by atoms with E-state index in [1.54, 1.807) is 0 Å².